The van der Waals surface area contributed by atoms with Gasteiger partial charge in [-0.2, -0.15) is 10.4 Å². The number of aryl methyl sites for hydroxylation is 1. The van der Waals surface area contributed by atoms with Crippen LogP contribution in [0.1, 0.15) is 40.3 Å². The van der Waals surface area contributed by atoms with Gasteiger partial charge in [0.1, 0.15) is 17.1 Å². The highest BCUT2D eigenvalue weighted by atomic mass is 16.5. The Morgan fingerprint density at radius 2 is 1.88 bits per heavy atom. The molecule has 4 aromatic rings. The van der Waals surface area contributed by atoms with Crippen LogP contribution in [0.5, 0.6) is 11.5 Å². The van der Waals surface area contributed by atoms with Gasteiger partial charge >= 0.3 is 0 Å². The highest BCUT2D eigenvalue weighted by molar-refractivity contribution is 5.58. The van der Waals surface area contributed by atoms with Crippen molar-refractivity contribution in [2.24, 2.45) is 13.0 Å². The third-order valence-corrected chi connectivity index (χ3v) is 8.18. The van der Waals surface area contributed by atoms with Crippen LogP contribution >= 0.6 is 0 Å². The normalized spacial score (nSPS) is 24.2. The second-order valence-electron chi connectivity index (χ2n) is 9.98. The van der Waals surface area contributed by atoms with Gasteiger partial charge in [-0.15, -0.1) is 0 Å². The van der Waals surface area contributed by atoms with E-state index < -0.39 is 11.2 Å². The van der Waals surface area contributed by atoms with Crippen molar-refractivity contribution in [2.75, 3.05) is 20.8 Å². The van der Waals surface area contributed by atoms with Gasteiger partial charge in [0, 0.05) is 45.3 Å². The molecule has 2 aromatic carbocycles. The minimum absolute atomic E-state index is 0.178. The molecule has 0 saturated heterocycles. The molecule has 0 bridgehead atoms. The van der Waals surface area contributed by atoms with Crippen molar-refractivity contribution in [1.29, 1.82) is 5.26 Å². The Morgan fingerprint density at radius 1 is 1.12 bits per heavy atom. The molecule has 9 heteroatoms. The molecule has 1 aliphatic carbocycles. The maximum Gasteiger partial charge on any atom is 0.174 e. The van der Waals surface area contributed by atoms with Crippen LogP contribution in [0.2, 0.25) is 0 Å². The lowest BCUT2D eigenvalue weighted by atomic mass is 9.70. The summed E-state index contributed by atoms with van der Waals surface area (Å²) in [7, 11) is 4.50. The number of aliphatic hydroxyl groups is 2. The van der Waals surface area contributed by atoms with E-state index in [1.165, 1.54) is 0 Å². The lowest BCUT2D eigenvalue weighted by Gasteiger charge is -2.42. The number of hydrogen-bond acceptors (Lipinski definition) is 8. The van der Waals surface area contributed by atoms with Crippen molar-refractivity contribution in [3.63, 3.8) is 0 Å². The lowest BCUT2D eigenvalue weighted by Crippen LogP contribution is -2.52. The number of hydrogen-bond donors (Lipinski definition) is 3. The number of nitrogens with one attached hydrogen (secondary N) is 1. The minimum Gasteiger partial charge on any atom is -0.495 e. The maximum atomic E-state index is 13.1. The van der Waals surface area contributed by atoms with Crippen LogP contribution in [0.15, 0.2) is 79.3 Å². The van der Waals surface area contributed by atoms with Gasteiger partial charge in [0.2, 0.25) is 0 Å². The number of methoxy groups -OCH3 is 1. The molecule has 2 aromatic heterocycles. The molecular weight excluding hydrogens is 506 g/mol. The fourth-order valence-electron chi connectivity index (χ4n) is 6.44. The zero-order valence-corrected chi connectivity index (χ0v) is 22.8. The monoisotopic (exact) mass is 539 g/mol. The Bertz CT molecular complexity index is 1500. The minimum atomic E-state index is -1.44. The molecule has 3 heterocycles. The van der Waals surface area contributed by atoms with Gasteiger partial charge in [0.15, 0.2) is 5.60 Å². The van der Waals surface area contributed by atoms with Crippen LogP contribution in [-0.4, -0.2) is 45.7 Å². The predicted molar refractivity (Wildman–Crippen MR) is 148 cm³/mol. The second kappa shape index (κ2) is 11.1. The van der Waals surface area contributed by atoms with Gasteiger partial charge < -0.3 is 25.0 Å². The number of fused-ring (bicyclic) bond motifs is 3. The van der Waals surface area contributed by atoms with Crippen LogP contribution in [-0.2, 0) is 24.8 Å². The molecule has 1 fully saturated rings. The van der Waals surface area contributed by atoms with E-state index in [1.54, 1.807) is 37.8 Å². The van der Waals surface area contributed by atoms with Crippen molar-refractivity contribution in [1.82, 2.24) is 20.1 Å². The average molecular weight is 540 g/mol. The molecule has 40 heavy (non-hydrogen) atoms. The third kappa shape index (κ3) is 4.12. The van der Waals surface area contributed by atoms with Crippen LogP contribution in [0.3, 0.4) is 0 Å². The lowest BCUT2D eigenvalue weighted by molar-refractivity contribution is -0.127. The number of pyridine rings is 1. The first-order valence-corrected chi connectivity index (χ1v) is 13.1. The first-order valence-electron chi connectivity index (χ1n) is 13.1. The van der Waals surface area contributed by atoms with Crippen molar-refractivity contribution in [3.05, 3.63) is 107 Å². The molecule has 3 N–H and O–H groups in total. The topological polar surface area (TPSA) is 125 Å². The van der Waals surface area contributed by atoms with E-state index in [0.29, 0.717) is 42.1 Å². The Hall–Kier alpha value is -4.23. The van der Waals surface area contributed by atoms with Gasteiger partial charge in [0.05, 0.1) is 42.4 Å². The SMILES string of the molecule is CO.COc1cncc2c1C1(O)C(CNCc3ccnn3C)CC(c3ccccc3)C1(c1ccc(C#N)cc1)O2. The largest absolute Gasteiger partial charge is 0.495 e. The van der Waals surface area contributed by atoms with Crippen LogP contribution < -0.4 is 14.8 Å². The molecule has 9 nitrogen and oxygen atoms in total. The Morgan fingerprint density at radius 3 is 2.52 bits per heavy atom. The van der Waals surface area contributed by atoms with E-state index in [-0.39, 0.29) is 11.8 Å². The van der Waals surface area contributed by atoms with E-state index >= 15 is 0 Å². The first kappa shape index (κ1) is 27.3. The summed E-state index contributed by atoms with van der Waals surface area (Å²) in [5.41, 5.74) is 1.50. The molecular formula is C31H33N5O4. The zero-order chi connectivity index (χ0) is 28.3. The smallest absolute Gasteiger partial charge is 0.174 e. The standard InChI is InChI=1S/C30H29N5O3.CH4O/c1-35-24(12-13-34-35)17-32-16-23-14-25(21-6-4-3-5-7-21)30(22-10-8-20(15-31)9-11-22)29(23,36)28-26(37-2)18-33-19-27(28)38-30;1-2/h3-13,18-19,23,25,32,36H,14,16-17H2,1-2H3;2H,1H3. The maximum absolute atomic E-state index is 13.1. The van der Waals surface area contributed by atoms with E-state index in [4.69, 9.17) is 14.6 Å². The summed E-state index contributed by atoms with van der Waals surface area (Å²) in [6.45, 7) is 1.15. The number of nitriles is 1. The Labute approximate surface area is 233 Å². The molecule has 1 saturated carbocycles. The van der Waals surface area contributed by atoms with Crippen molar-refractivity contribution < 1.29 is 19.7 Å². The van der Waals surface area contributed by atoms with Gasteiger partial charge in [-0.1, -0.05) is 42.5 Å². The van der Waals surface area contributed by atoms with Crippen LogP contribution in [0.25, 0.3) is 0 Å². The molecule has 0 amide bonds. The second-order valence-corrected chi connectivity index (χ2v) is 9.98. The van der Waals surface area contributed by atoms with Gasteiger partial charge in [-0.3, -0.25) is 9.67 Å². The summed E-state index contributed by atoms with van der Waals surface area (Å²) in [6, 6.07) is 21.7. The number of aromatic nitrogens is 3. The fraction of sp³-hybridized carbons (Fsp3) is 0.323. The quantitative estimate of drug-likeness (QED) is 0.327. The average Bonchev–Trinajstić information content (AvgIpc) is 3.62. The Kier molecular flexibility index (Phi) is 7.59. The summed E-state index contributed by atoms with van der Waals surface area (Å²) in [5, 5.41) is 37.3. The highest BCUT2D eigenvalue weighted by Crippen LogP contribution is 2.69. The number of benzene rings is 2. The summed E-state index contributed by atoms with van der Waals surface area (Å²) < 4.78 is 14.5. The predicted octanol–water partition coefficient (Wildman–Crippen LogP) is 3.37. The molecule has 4 unspecified atom stereocenters. The molecule has 1 aliphatic heterocycles. The van der Waals surface area contributed by atoms with Crippen molar-refractivity contribution >= 4 is 0 Å². The number of aliphatic hydroxyl groups excluding tert-OH is 1. The number of ether oxygens (including phenoxy) is 2. The first-order chi connectivity index (χ1) is 19.5. The molecule has 206 valence electrons. The van der Waals surface area contributed by atoms with E-state index in [1.807, 2.05) is 48.1 Å². The molecule has 0 radical (unpaired) electrons. The van der Waals surface area contributed by atoms with Gasteiger partial charge in [0.25, 0.3) is 0 Å². The van der Waals surface area contributed by atoms with E-state index in [0.717, 1.165) is 23.9 Å². The summed E-state index contributed by atoms with van der Waals surface area (Å²) in [4.78, 5) is 4.34. The van der Waals surface area contributed by atoms with Crippen LogP contribution in [0, 0.1) is 17.2 Å². The van der Waals surface area contributed by atoms with Crippen molar-refractivity contribution in [2.45, 2.75) is 30.1 Å². The highest BCUT2D eigenvalue weighted by Gasteiger charge is 2.73. The van der Waals surface area contributed by atoms with E-state index in [2.05, 4.69) is 33.6 Å². The fourth-order valence-corrected chi connectivity index (χ4v) is 6.44. The molecule has 0 spiro atoms. The number of nitrogens with zero attached hydrogens (tertiary/aromatic N) is 4. The summed E-state index contributed by atoms with van der Waals surface area (Å²) in [6.07, 6.45) is 5.73. The zero-order valence-electron chi connectivity index (χ0n) is 22.8. The van der Waals surface area contributed by atoms with E-state index in [9.17, 15) is 10.4 Å². The summed E-state index contributed by atoms with van der Waals surface area (Å²) >= 11 is 0. The van der Waals surface area contributed by atoms with Crippen molar-refractivity contribution in [3.8, 4) is 17.6 Å². The summed E-state index contributed by atoms with van der Waals surface area (Å²) in [5.74, 6) is 0.593. The molecule has 4 atom stereocenters. The Balaban J connectivity index is 0.00000158. The van der Waals surface area contributed by atoms with Gasteiger partial charge in [-0.05, 0) is 35.7 Å². The molecule has 2 aliphatic rings. The molecule has 6 rings (SSSR count). The van der Waals surface area contributed by atoms with Gasteiger partial charge in [-0.25, -0.2) is 0 Å². The third-order valence-electron chi connectivity index (χ3n) is 8.18. The number of rotatable bonds is 7. The van der Waals surface area contributed by atoms with Crippen LogP contribution in [0.4, 0.5) is 0 Å².